The first-order valence-electron chi connectivity index (χ1n) is 6.35. The standard InChI is InChI=1S/C16H14O4/c1-11-2-4-12(5-3-11)9-18-16(17)13-6-7-14-15(8-13)20-10-19-14/h2-8H,9-10H2,1H3. The van der Waals surface area contributed by atoms with Crippen molar-refractivity contribution >= 4 is 5.97 Å². The first-order chi connectivity index (χ1) is 9.72. The molecule has 0 unspecified atom stereocenters. The zero-order valence-electron chi connectivity index (χ0n) is 11.1. The summed E-state index contributed by atoms with van der Waals surface area (Å²) in [5.41, 5.74) is 2.60. The molecular weight excluding hydrogens is 256 g/mol. The van der Waals surface area contributed by atoms with Gasteiger partial charge in [-0.2, -0.15) is 0 Å². The van der Waals surface area contributed by atoms with E-state index in [1.807, 2.05) is 31.2 Å². The van der Waals surface area contributed by atoms with Crippen LogP contribution >= 0.6 is 0 Å². The Morgan fingerprint density at radius 3 is 2.65 bits per heavy atom. The van der Waals surface area contributed by atoms with Gasteiger partial charge in [-0.3, -0.25) is 0 Å². The maximum atomic E-state index is 12.0. The molecule has 4 nitrogen and oxygen atoms in total. The minimum atomic E-state index is -0.371. The molecule has 1 aliphatic heterocycles. The average Bonchev–Trinajstić information content (AvgIpc) is 2.93. The summed E-state index contributed by atoms with van der Waals surface area (Å²) in [6.45, 7) is 2.47. The molecule has 2 aromatic carbocycles. The van der Waals surface area contributed by atoms with E-state index in [9.17, 15) is 4.79 Å². The molecule has 2 aromatic rings. The average molecular weight is 270 g/mol. The van der Waals surface area contributed by atoms with Crippen LogP contribution in [0.4, 0.5) is 0 Å². The van der Waals surface area contributed by atoms with Crippen molar-refractivity contribution < 1.29 is 19.0 Å². The summed E-state index contributed by atoms with van der Waals surface area (Å²) >= 11 is 0. The molecule has 1 aliphatic rings. The van der Waals surface area contributed by atoms with Gasteiger partial charge in [0.1, 0.15) is 6.61 Å². The number of hydrogen-bond acceptors (Lipinski definition) is 4. The fraction of sp³-hybridized carbons (Fsp3) is 0.188. The summed E-state index contributed by atoms with van der Waals surface area (Å²) in [4.78, 5) is 12.0. The Balaban J connectivity index is 1.66. The van der Waals surface area contributed by atoms with Gasteiger partial charge in [0.25, 0.3) is 0 Å². The number of ether oxygens (including phenoxy) is 3. The smallest absolute Gasteiger partial charge is 0.338 e. The molecular formula is C16H14O4. The predicted molar refractivity (Wildman–Crippen MR) is 72.9 cm³/mol. The van der Waals surface area contributed by atoms with Crippen LogP contribution in [-0.4, -0.2) is 12.8 Å². The summed E-state index contributed by atoms with van der Waals surface area (Å²) in [5, 5.41) is 0. The van der Waals surface area contributed by atoms with Crippen molar-refractivity contribution in [1.29, 1.82) is 0 Å². The molecule has 0 aromatic heterocycles. The number of rotatable bonds is 3. The molecule has 4 heteroatoms. The van der Waals surface area contributed by atoms with E-state index in [2.05, 4.69) is 0 Å². The lowest BCUT2D eigenvalue weighted by molar-refractivity contribution is 0.0472. The van der Waals surface area contributed by atoms with Crippen LogP contribution in [0.5, 0.6) is 11.5 Å². The zero-order valence-corrected chi connectivity index (χ0v) is 11.1. The normalized spacial score (nSPS) is 12.2. The Labute approximate surface area is 116 Å². The molecule has 0 N–H and O–H groups in total. The maximum Gasteiger partial charge on any atom is 0.338 e. The van der Waals surface area contributed by atoms with Gasteiger partial charge in [-0.1, -0.05) is 29.8 Å². The van der Waals surface area contributed by atoms with Gasteiger partial charge in [0.05, 0.1) is 5.56 Å². The van der Waals surface area contributed by atoms with Crippen molar-refractivity contribution in [1.82, 2.24) is 0 Å². The van der Waals surface area contributed by atoms with E-state index in [1.54, 1.807) is 18.2 Å². The number of fused-ring (bicyclic) bond motifs is 1. The van der Waals surface area contributed by atoms with Crippen LogP contribution in [0.2, 0.25) is 0 Å². The zero-order chi connectivity index (χ0) is 13.9. The van der Waals surface area contributed by atoms with Gasteiger partial charge in [0.15, 0.2) is 11.5 Å². The highest BCUT2D eigenvalue weighted by Crippen LogP contribution is 2.32. The van der Waals surface area contributed by atoms with E-state index >= 15 is 0 Å². The molecule has 0 aliphatic carbocycles. The van der Waals surface area contributed by atoms with E-state index in [1.165, 1.54) is 5.56 Å². The molecule has 20 heavy (non-hydrogen) atoms. The van der Waals surface area contributed by atoms with Gasteiger partial charge in [0.2, 0.25) is 6.79 Å². The third kappa shape index (κ3) is 2.59. The molecule has 0 amide bonds. The molecule has 0 atom stereocenters. The second-order valence-corrected chi connectivity index (χ2v) is 4.63. The number of esters is 1. The maximum absolute atomic E-state index is 12.0. The van der Waals surface area contributed by atoms with Crippen molar-refractivity contribution in [3.05, 3.63) is 59.2 Å². The Kier molecular flexibility index (Phi) is 3.29. The molecule has 0 spiro atoms. The van der Waals surface area contributed by atoms with Crippen molar-refractivity contribution in [2.75, 3.05) is 6.79 Å². The monoisotopic (exact) mass is 270 g/mol. The Morgan fingerprint density at radius 2 is 1.85 bits per heavy atom. The Hall–Kier alpha value is -2.49. The quantitative estimate of drug-likeness (QED) is 0.804. The van der Waals surface area contributed by atoms with Crippen molar-refractivity contribution in [3.63, 3.8) is 0 Å². The summed E-state index contributed by atoms with van der Waals surface area (Å²) in [6.07, 6.45) is 0. The molecule has 1 heterocycles. The molecule has 0 saturated heterocycles. The minimum absolute atomic E-state index is 0.192. The molecule has 3 rings (SSSR count). The third-order valence-electron chi connectivity index (χ3n) is 3.10. The predicted octanol–water partition coefficient (Wildman–Crippen LogP) is 3.08. The number of aryl methyl sites for hydroxylation is 1. The molecule has 0 fully saturated rings. The van der Waals surface area contributed by atoms with Crippen LogP contribution in [-0.2, 0) is 11.3 Å². The van der Waals surface area contributed by atoms with Gasteiger partial charge < -0.3 is 14.2 Å². The van der Waals surface area contributed by atoms with Gasteiger partial charge in [-0.15, -0.1) is 0 Å². The first kappa shape index (κ1) is 12.5. The van der Waals surface area contributed by atoms with Gasteiger partial charge in [-0.25, -0.2) is 4.79 Å². The summed E-state index contributed by atoms with van der Waals surface area (Å²) in [6, 6.07) is 12.9. The van der Waals surface area contributed by atoms with E-state index in [-0.39, 0.29) is 19.4 Å². The van der Waals surface area contributed by atoms with Crippen LogP contribution in [0.15, 0.2) is 42.5 Å². The highest BCUT2D eigenvalue weighted by molar-refractivity contribution is 5.90. The molecule has 0 saturated carbocycles. The van der Waals surface area contributed by atoms with E-state index in [4.69, 9.17) is 14.2 Å². The Morgan fingerprint density at radius 1 is 1.10 bits per heavy atom. The summed E-state index contributed by atoms with van der Waals surface area (Å²) < 4.78 is 15.7. The topological polar surface area (TPSA) is 44.8 Å². The summed E-state index contributed by atoms with van der Waals surface area (Å²) in [7, 11) is 0. The van der Waals surface area contributed by atoms with Crippen molar-refractivity contribution in [2.45, 2.75) is 13.5 Å². The highest BCUT2D eigenvalue weighted by atomic mass is 16.7. The number of carbonyl (C=O) groups excluding carboxylic acids is 1. The first-order valence-corrected chi connectivity index (χ1v) is 6.35. The lowest BCUT2D eigenvalue weighted by Crippen LogP contribution is -2.05. The van der Waals surface area contributed by atoms with Gasteiger partial charge in [-0.05, 0) is 30.7 Å². The Bertz CT molecular complexity index is 631. The van der Waals surface area contributed by atoms with Gasteiger partial charge >= 0.3 is 5.97 Å². The van der Waals surface area contributed by atoms with Crippen LogP contribution in [0, 0.1) is 6.92 Å². The number of carbonyl (C=O) groups is 1. The van der Waals surface area contributed by atoms with Crippen molar-refractivity contribution in [2.24, 2.45) is 0 Å². The largest absolute Gasteiger partial charge is 0.457 e. The highest BCUT2D eigenvalue weighted by Gasteiger charge is 2.16. The lowest BCUT2D eigenvalue weighted by Gasteiger charge is -2.06. The lowest BCUT2D eigenvalue weighted by atomic mass is 10.1. The van der Waals surface area contributed by atoms with Crippen molar-refractivity contribution in [3.8, 4) is 11.5 Å². The van der Waals surface area contributed by atoms with Crippen LogP contribution in [0.1, 0.15) is 21.5 Å². The second kappa shape index (κ2) is 5.25. The fourth-order valence-electron chi connectivity index (χ4n) is 1.94. The minimum Gasteiger partial charge on any atom is -0.457 e. The molecule has 0 radical (unpaired) electrons. The number of benzene rings is 2. The fourth-order valence-corrected chi connectivity index (χ4v) is 1.94. The molecule has 102 valence electrons. The van der Waals surface area contributed by atoms with E-state index < -0.39 is 0 Å². The SMILES string of the molecule is Cc1ccc(COC(=O)c2ccc3c(c2)OCO3)cc1. The molecule has 0 bridgehead atoms. The van der Waals surface area contributed by atoms with E-state index in [0.29, 0.717) is 17.1 Å². The number of hydrogen-bond donors (Lipinski definition) is 0. The van der Waals surface area contributed by atoms with Crippen LogP contribution in [0.25, 0.3) is 0 Å². The second-order valence-electron chi connectivity index (χ2n) is 4.63. The van der Waals surface area contributed by atoms with E-state index in [0.717, 1.165) is 5.56 Å². The third-order valence-corrected chi connectivity index (χ3v) is 3.10. The van der Waals surface area contributed by atoms with Gasteiger partial charge in [0, 0.05) is 0 Å². The van der Waals surface area contributed by atoms with Crippen LogP contribution < -0.4 is 9.47 Å². The summed E-state index contributed by atoms with van der Waals surface area (Å²) in [5.74, 6) is 0.860. The van der Waals surface area contributed by atoms with Crippen LogP contribution in [0.3, 0.4) is 0 Å².